The van der Waals surface area contributed by atoms with Crippen LogP contribution < -0.4 is 0 Å². The molecule has 1 saturated carbocycles. The molecule has 1 aliphatic heterocycles. The van der Waals surface area contributed by atoms with Gasteiger partial charge in [-0.3, -0.25) is 4.90 Å². The molecule has 0 spiro atoms. The summed E-state index contributed by atoms with van der Waals surface area (Å²) in [5.41, 5.74) is 0.923. The van der Waals surface area contributed by atoms with Gasteiger partial charge in [-0.15, -0.1) is 0 Å². The molecule has 2 aliphatic rings. The van der Waals surface area contributed by atoms with E-state index in [-0.39, 0.29) is 6.04 Å². The highest BCUT2D eigenvalue weighted by atomic mass is 16.5. The highest BCUT2D eigenvalue weighted by molar-refractivity contribution is 5.07. The first kappa shape index (κ1) is 12.1. The normalized spacial score (nSPS) is 23.6. The minimum absolute atomic E-state index is 0.247. The molecular formula is C14H18N4O2. The largest absolute Gasteiger partial charge is 0.360 e. The lowest BCUT2D eigenvalue weighted by Crippen LogP contribution is -2.23. The number of rotatable bonds is 4. The smallest absolute Gasteiger partial charge is 0.229 e. The van der Waals surface area contributed by atoms with Gasteiger partial charge in [0.05, 0.1) is 18.3 Å². The Kier molecular flexibility index (Phi) is 2.84. The van der Waals surface area contributed by atoms with Crippen molar-refractivity contribution in [2.45, 2.75) is 51.1 Å². The van der Waals surface area contributed by atoms with Gasteiger partial charge in [-0.05, 0) is 39.2 Å². The van der Waals surface area contributed by atoms with Gasteiger partial charge >= 0.3 is 0 Å². The van der Waals surface area contributed by atoms with Crippen LogP contribution in [0.2, 0.25) is 0 Å². The Morgan fingerprint density at radius 2 is 2.15 bits per heavy atom. The summed E-state index contributed by atoms with van der Waals surface area (Å²) in [5, 5.41) is 8.12. The van der Waals surface area contributed by atoms with Crippen molar-refractivity contribution in [1.82, 2.24) is 20.2 Å². The van der Waals surface area contributed by atoms with Crippen molar-refractivity contribution < 1.29 is 9.05 Å². The van der Waals surface area contributed by atoms with Gasteiger partial charge in [0, 0.05) is 12.0 Å². The predicted octanol–water partition coefficient (Wildman–Crippen LogP) is 2.58. The Morgan fingerprint density at radius 1 is 1.25 bits per heavy atom. The van der Waals surface area contributed by atoms with Crippen LogP contribution >= 0.6 is 0 Å². The Balaban J connectivity index is 1.50. The van der Waals surface area contributed by atoms with Crippen LogP contribution in [0.1, 0.15) is 60.8 Å². The zero-order valence-electron chi connectivity index (χ0n) is 11.6. The summed E-state index contributed by atoms with van der Waals surface area (Å²) in [6, 6.07) is 2.23. The average Bonchev–Trinajstić information content (AvgIpc) is 2.87. The number of aromatic nitrogens is 3. The van der Waals surface area contributed by atoms with E-state index >= 15 is 0 Å². The lowest BCUT2D eigenvalue weighted by molar-refractivity contribution is 0.206. The van der Waals surface area contributed by atoms with E-state index in [1.54, 1.807) is 0 Å². The number of aryl methyl sites for hydroxylation is 1. The molecule has 2 aromatic heterocycles. The fourth-order valence-corrected chi connectivity index (χ4v) is 2.88. The summed E-state index contributed by atoms with van der Waals surface area (Å²) in [6.07, 6.45) is 4.61. The van der Waals surface area contributed by atoms with Crippen LogP contribution in [-0.4, -0.2) is 26.7 Å². The highest BCUT2D eigenvalue weighted by Gasteiger charge is 2.34. The van der Waals surface area contributed by atoms with Crippen LogP contribution in [0.4, 0.5) is 0 Å². The van der Waals surface area contributed by atoms with E-state index < -0.39 is 0 Å². The van der Waals surface area contributed by atoms with Gasteiger partial charge in [-0.25, -0.2) is 0 Å². The van der Waals surface area contributed by atoms with Gasteiger partial charge in [0.1, 0.15) is 0 Å². The third kappa shape index (κ3) is 2.24. The maximum absolute atomic E-state index is 5.38. The Morgan fingerprint density at radius 3 is 2.90 bits per heavy atom. The summed E-state index contributed by atoms with van der Waals surface area (Å²) in [4.78, 5) is 6.93. The Bertz CT molecular complexity index is 602. The molecule has 1 saturated heterocycles. The van der Waals surface area contributed by atoms with Gasteiger partial charge in [-0.2, -0.15) is 4.98 Å². The topological polar surface area (TPSA) is 68.2 Å². The quantitative estimate of drug-likeness (QED) is 0.853. The van der Waals surface area contributed by atoms with E-state index in [0.29, 0.717) is 5.92 Å². The number of hydrogen-bond acceptors (Lipinski definition) is 6. The van der Waals surface area contributed by atoms with E-state index in [2.05, 4.69) is 20.2 Å². The third-order valence-corrected chi connectivity index (χ3v) is 4.08. The fourth-order valence-electron chi connectivity index (χ4n) is 2.88. The highest BCUT2D eigenvalue weighted by Crippen LogP contribution is 2.40. The van der Waals surface area contributed by atoms with Crippen LogP contribution in [-0.2, 0) is 6.54 Å². The molecule has 0 bridgehead atoms. The minimum atomic E-state index is 0.247. The molecule has 3 heterocycles. The molecule has 6 nitrogen and oxygen atoms in total. The van der Waals surface area contributed by atoms with Gasteiger partial charge in [0.2, 0.25) is 5.89 Å². The molecule has 2 aromatic rings. The van der Waals surface area contributed by atoms with Gasteiger partial charge in [0.15, 0.2) is 11.6 Å². The van der Waals surface area contributed by atoms with Crippen molar-refractivity contribution in [1.29, 1.82) is 0 Å². The van der Waals surface area contributed by atoms with E-state index in [1.807, 2.05) is 13.0 Å². The van der Waals surface area contributed by atoms with Gasteiger partial charge in [0.25, 0.3) is 0 Å². The zero-order chi connectivity index (χ0) is 13.5. The van der Waals surface area contributed by atoms with Crippen LogP contribution in [0, 0.1) is 6.92 Å². The van der Waals surface area contributed by atoms with Crippen LogP contribution in [0.3, 0.4) is 0 Å². The molecule has 2 fully saturated rings. The fraction of sp³-hybridized carbons (Fsp3) is 0.643. The van der Waals surface area contributed by atoms with Gasteiger partial charge in [-0.1, -0.05) is 10.3 Å². The average molecular weight is 274 g/mol. The van der Waals surface area contributed by atoms with E-state index in [4.69, 9.17) is 9.05 Å². The number of hydrogen-bond donors (Lipinski definition) is 0. The molecule has 0 radical (unpaired) electrons. The van der Waals surface area contributed by atoms with Crippen LogP contribution in [0.25, 0.3) is 0 Å². The first-order chi connectivity index (χ1) is 9.79. The van der Waals surface area contributed by atoms with Crippen molar-refractivity contribution in [3.05, 3.63) is 29.2 Å². The van der Waals surface area contributed by atoms with Gasteiger partial charge < -0.3 is 9.05 Å². The SMILES string of the molecule is Cc1cc(CN2CCC[C@@H]2c2noc(C3CC3)n2)on1. The summed E-state index contributed by atoms with van der Waals surface area (Å²) >= 11 is 0. The van der Waals surface area contributed by atoms with Crippen LogP contribution in [0.15, 0.2) is 15.1 Å². The molecule has 20 heavy (non-hydrogen) atoms. The zero-order valence-corrected chi connectivity index (χ0v) is 11.6. The lowest BCUT2D eigenvalue weighted by atomic mass is 10.2. The van der Waals surface area contributed by atoms with E-state index in [1.165, 1.54) is 12.8 Å². The number of likely N-dealkylation sites (tertiary alicyclic amines) is 1. The van der Waals surface area contributed by atoms with Crippen molar-refractivity contribution in [3.8, 4) is 0 Å². The minimum Gasteiger partial charge on any atom is -0.360 e. The third-order valence-electron chi connectivity index (χ3n) is 4.08. The maximum atomic E-state index is 5.38. The molecule has 1 aliphatic carbocycles. The van der Waals surface area contributed by atoms with Crippen molar-refractivity contribution in [3.63, 3.8) is 0 Å². The Labute approximate surface area is 117 Å². The molecular weight excluding hydrogens is 256 g/mol. The molecule has 0 unspecified atom stereocenters. The Hall–Kier alpha value is -1.69. The lowest BCUT2D eigenvalue weighted by Gasteiger charge is -2.19. The predicted molar refractivity (Wildman–Crippen MR) is 69.9 cm³/mol. The summed E-state index contributed by atoms with van der Waals surface area (Å²) in [7, 11) is 0. The maximum Gasteiger partial charge on any atom is 0.229 e. The molecule has 0 aromatic carbocycles. The van der Waals surface area contributed by atoms with E-state index in [9.17, 15) is 0 Å². The van der Waals surface area contributed by atoms with Crippen molar-refractivity contribution in [2.75, 3.05) is 6.54 Å². The van der Waals surface area contributed by atoms with Crippen molar-refractivity contribution in [2.24, 2.45) is 0 Å². The monoisotopic (exact) mass is 274 g/mol. The molecule has 0 N–H and O–H groups in total. The molecule has 6 heteroatoms. The van der Waals surface area contributed by atoms with Crippen LogP contribution in [0.5, 0.6) is 0 Å². The molecule has 106 valence electrons. The second-order valence-corrected chi connectivity index (χ2v) is 5.83. The first-order valence-electron chi connectivity index (χ1n) is 7.29. The second-order valence-electron chi connectivity index (χ2n) is 5.83. The summed E-state index contributed by atoms with van der Waals surface area (Å²) in [5.74, 6) is 3.08. The number of nitrogens with zero attached hydrogens (tertiary/aromatic N) is 4. The summed E-state index contributed by atoms with van der Waals surface area (Å²) < 4.78 is 10.7. The second kappa shape index (κ2) is 4.70. The molecule has 4 rings (SSSR count). The molecule has 1 atom stereocenters. The molecule has 0 amide bonds. The first-order valence-corrected chi connectivity index (χ1v) is 7.29. The van der Waals surface area contributed by atoms with E-state index in [0.717, 1.165) is 49.1 Å². The van der Waals surface area contributed by atoms with Crippen molar-refractivity contribution >= 4 is 0 Å². The summed E-state index contributed by atoms with van der Waals surface area (Å²) in [6.45, 7) is 3.74. The standard InChI is InChI=1S/C14H18N4O2/c1-9-7-11(19-16-9)8-18-6-2-3-12(18)13-15-14(20-17-13)10-4-5-10/h7,10,12H,2-6,8H2,1H3/t12-/m1/s1.